The van der Waals surface area contributed by atoms with Gasteiger partial charge in [0.2, 0.25) is 5.91 Å². The van der Waals surface area contributed by atoms with Crippen LogP contribution in [-0.2, 0) is 4.79 Å². The number of ether oxygens (including phenoxy) is 2. The van der Waals surface area contributed by atoms with Crippen LogP contribution < -0.4 is 14.8 Å². The minimum absolute atomic E-state index is 0.111. The van der Waals surface area contributed by atoms with E-state index in [1.54, 1.807) is 6.92 Å². The Hall–Kier alpha value is -2.05. The van der Waals surface area contributed by atoms with Crippen LogP contribution in [0.15, 0.2) is 53.0 Å². The highest BCUT2D eigenvalue weighted by Gasteiger charge is 2.18. The highest BCUT2D eigenvalue weighted by atomic mass is 79.9. The third kappa shape index (κ3) is 6.88. The second-order valence-electron chi connectivity index (χ2n) is 6.18. The topological polar surface area (TPSA) is 67.8 Å². The van der Waals surface area contributed by atoms with E-state index >= 15 is 0 Å². The van der Waals surface area contributed by atoms with Crippen LogP contribution >= 0.6 is 15.9 Å². The number of rotatable bonds is 10. The van der Waals surface area contributed by atoms with E-state index in [2.05, 4.69) is 21.2 Å². The van der Waals surface area contributed by atoms with Crippen molar-refractivity contribution < 1.29 is 19.4 Å². The molecular formula is C21H26BrNO4. The fourth-order valence-electron chi connectivity index (χ4n) is 2.61. The lowest BCUT2D eigenvalue weighted by Crippen LogP contribution is -2.37. The summed E-state index contributed by atoms with van der Waals surface area (Å²) < 4.78 is 12.2. The van der Waals surface area contributed by atoms with Crippen LogP contribution in [0.4, 0.5) is 0 Å². The van der Waals surface area contributed by atoms with Gasteiger partial charge in [-0.25, -0.2) is 0 Å². The zero-order valence-corrected chi connectivity index (χ0v) is 17.2. The van der Waals surface area contributed by atoms with Gasteiger partial charge in [-0.2, -0.15) is 0 Å². The number of aliphatic hydroxyl groups excluding tert-OH is 1. The second-order valence-corrected chi connectivity index (χ2v) is 7.10. The van der Waals surface area contributed by atoms with Crippen molar-refractivity contribution in [1.29, 1.82) is 0 Å². The Bertz CT molecular complexity index is 720. The Morgan fingerprint density at radius 1 is 1.11 bits per heavy atom. The van der Waals surface area contributed by atoms with Gasteiger partial charge in [0, 0.05) is 10.9 Å². The predicted molar refractivity (Wildman–Crippen MR) is 109 cm³/mol. The number of amides is 1. The molecule has 0 aliphatic carbocycles. The van der Waals surface area contributed by atoms with Crippen molar-refractivity contribution in [2.75, 3.05) is 13.2 Å². The molecule has 2 N–H and O–H groups in total. The smallest absolute Gasteiger partial charge is 0.220 e. The van der Waals surface area contributed by atoms with Crippen molar-refractivity contribution in [2.24, 2.45) is 0 Å². The summed E-state index contributed by atoms with van der Waals surface area (Å²) in [6.45, 7) is 4.70. The van der Waals surface area contributed by atoms with Gasteiger partial charge in [-0.05, 0) is 50.1 Å². The lowest BCUT2D eigenvalue weighted by atomic mass is 10.0. The molecule has 0 saturated heterocycles. The fourth-order valence-corrected chi connectivity index (χ4v) is 2.88. The molecule has 0 aliphatic rings. The number of aliphatic hydroxyl groups is 1. The maximum atomic E-state index is 12.1. The van der Waals surface area contributed by atoms with Gasteiger partial charge in [0.15, 0.2) is 11.5 Å². The number of carbonyl (C=O) groups excluding carboxylic acids is 1. The Morgan fingerprint density at radius 3 is 2.37 bits per heavy atom. The lowest BCUT2D eigenvalue weighted by Gasteiger charge is -2.21. The SMILES string of the molecule is CCOc1ccccc1OCCCC(=O)NC(C)C(O)c1ccc(Br)cc1. The Morgan fingerprint density at radius 2 is 1.74 bits per heavy atom. The molecule has 1 amide bonds. The van der Waals surface area contributed by atoms with E-state index in [4.69, 9.17) is 9.47 Å². The first kappa shape index (κ1) is 21.3. The molecule has 0 aromatic heterocycles. The molecule has 0 aliphatic heterocycles. The zero-order chi connectivity index (χ0) is 19.6. The van der Waals surface area contributed by atoms with Gasteiger partial charge in [-0.3, -0.25) is 4.79 Å². The standard InChI is InChI=1S/C21H26BrNO4/c1-3-26-18-7-4-5-8-19(18)27-14-6-9-20(24)23-15(2)21(25)16-10-12-17(22)13-11-16/h4-5,7-8,10-13,15,21,25H,3,6,9,14H2,1-2H3,(H,23,24). The van der Waals surface area contributed by atoms with Gasteiger partial charge in [-0.15, -0.1) is 0 Å². The Kier molecular flexibility index (Phi) is 8.61. The molecule has 0 spiro atoms. The molecule has 2 aromatic carbocycles. The average Bonchev–Trinajstić information content (AvgIpc) is 2.66. The first-order chi connectivity index (χ1) is 13.0. The van der Waals surface area contributed by atoms with Crippen LogP contribution in [0.2, 0.25) is 0 Å². The Labute approximate surface area is 168 Å². The summed E-state index contributed by atoms with van der Waals surface area (Å²) in [5.74, 6) is 1.27. The molecular weight excluding hydrogens is 410 g/mol. The van der Waals surface area contributed by atoms with E-state index in [1.165, 1.54) is 0 Å². The molecule has 27 heavy (non-hydrogen) atoms. The summed E-state index contributed by atoms with van der Waals surface area (Å²) in [5.41, 5.74) is 0.766. The number of nitrogens with one attached hydrogen (secondary N) is 1. The van der Waals surface area contributed by atoms with E-state index < -0.39 is 6.10 Å². The van der Waals surface area contributed by atoms with Gasteiger partial charge in [0.05, 0.1) is 25.4 Å². The van der Waals surface area contributed by atoms with Gasteiger partial charge in [0.25, 0.3) is 0 Å². The molecule has 0 radical (unpaired) electrons. The van der Waals surface area contributed by atoms with Gasteiger partial charge in [0.1, 0.15) is 0 Å². The van der Waals surface area contributed by atoms with Crippen LogP contribution in [0.25, 0.3) is 0 Å². The summed E-state index contributed by atoms with van der Waals surface area (Å²) >= 11 is 3.37. The minimum atomic E-state index is -0.753. The number of benzene rings is 2. The van der Waals surface area contributed by atoms with E-state index in [-0.39, 0.29) is 11.9 Å². The van der Waals surface area contributed by atoms with Crippen LogP contribution in [0, 0.1) is 0 Å². The number of para-hydroxylation sites is 2. The maximum absolute atomic E-state index is 12.1. The van der Waals surface area contributed by atoms with E-state index in [0.717, 1.165) is 10.0 Å². The predicted octanol–water partition coefficient (Wildman–Crippen LogP) is 4.25. The van der Waals surface area contributed by atoms with Crippen molar-refractivity contribution >= 4 is 21.8 Å². The molecule has 0 saturated carbocycles. The largest absolute Gasteiger partial charge is 0.490 e. The molecule has 0 heterocycles. The van der Waals surface area contributed by atoms with Crippen molar-refractivity contribution in [2.45, 2.75) is 38.8 Å². The average molecular weight is 436 g/mol. The van der Waals surface area contributed by atoms with Crippen molar-refractivity contribution in [3.63, 3.8) is 0 Å². The first-order valence-corrected chi connectivity index (χ1v) is 9.88. The minimum Gasteiger partial charge on any atom is -0.490 e. The number of halogens is 1. The van der Waals surface area contributed by atoms with E-state index in [1.807, 2.05) is 55.5 Å². The highest BCUT2D eigenvalue weighted by Crippen LogP contribution is 2.26. The van der Waals surface area contributed by atoms with Crippen LogP contribution in [-0.4, -0.2) is 30.3 Å². The molecule has 2 aromatic rings. The first-order valence-electron chi connectivity index (χ1n) is 9.08. The Balaban J connectivity index is 1.73. The molecule has 2 rings (SSSR count). The molecule has 2 atom stereocenters. The third-order valence-corrected chi connectivity index (χ3v) is 4.56. The molecule has 0 bridgehead atoms. The summed E-state index contributed by atoms with van der Waals surface area (Å²) in [6.07, 6.45) is 0.151. The van der Waals surface area contributed by atoms with Crippen molar-refractivity contribution in [3.05, 3.63) is 58.6 Å². The lowest BCUT2D eigenvalue weighted by molar-refractivity contribution is -0.122. The quantitative estimate of drug-likeness (QED) is 0.547. The van der Waals surface area contributed by atoms with Crippen molar-refractivity contribution in [1.82, 2.24) is 5.32 Å². The van der Waals surface area contributed by atoms with Crippen LogP contribution in [0.5, 0.6) is 11.5 Å². The fraction of sp³-hybridized carbons (Fsp3) is 0.381. The molecule has 2 unspecified atom stereocenters. The summed E-state index contributed by atoms with van der Waals surface area (Å²) in [7, 11) is 0. The monoisotopic (exact) mass is 435 g/mol. The number of hydrogen-bond donors (Lipinski definition) is 2. The second kappa shape index (κ2) is 10.9. The molecule has 5 nitrogen and oxygen atoms in total. The normalized spacial score (nSPS) is 12.9. The zero-order valence-electron chi connectivity index (χ0n) is 15.7. The molecule has 6 heteroatoms. The van der Waals surface area contributed by atoms with Crippen molar-refractivity contribution in [3.8, 4) is 11.5 Å². The number of carbonyl (C=O) groups is 1. The maximum Gasteiger partial charge on any atom is 0.220 e. The van der Waals surface area contributed by atoms with E-state index in [0.29, 0.717) is 37.6 Å². The van der Waals surface area contributed by atoms with Gasteiger partial charge >= 0.3 is 0 Å². The molecule has 146 valence electrons. The van der Waals surface area contributed by atoms with Crippen LogP contribution in [0.1, 0.15) is 38.4 Å². The van der Waals surface area contributed by atoms with E-state index in [9.17, 15) is 9.90 Å². The summed E-state index contributed by atoms with van der Waals surface area (Å²) in [4.78, 5) is 12.1. The summed E-state index contributed by atoms with van der Waals surface area (Å²) in [6, 6.07) is 14.5. The van der Waals surface area contributed by atoms with Gasteiger partial charge in [-0.1, -0.05) is 40.2 Å². The third-order valence-electron chi connectivity index (χ3n) is 4.03. The highest BCUT2D eigenvalue weighted by molar-refractivity contribution is 9.10. The van der Waals surface area contributed by atoms with Crippen LogP contribution in [0.3, 0.4) is 0 Å². The summed E-state index contributed by atoms with van der Waals surface area (Å²) in [5, 5.41) is 13.2. The van der Waals surface area contributed by atoms with Gasteiger partial charge < -0.3 is 19.9 Å². The number of hydrogen-bond acceptors (Lipinski definition) is 4. The molecule has 0 fully saturated rings.